The molecule has 0 aliphatic heterocycles. The number of nitrogens with zero attached hydrogens (tertiary/aromatic N) is 2. The summed E-state index contributed by atoms with van der Waals surface area (Å²) < 4.78 is 10.5. The molecule has 0 aliphatic rings. The lowest BCUT2D eigenvalue weighted by molar-refractivity contribution is 0.102. The molecular formula is C15H16N2O3. The number of hydrogen-bond donors (Lipinski definition) is 0. The molecule has 0 saturated heterocycles. The van der Waals surface area contributed by atoms with Gasteiger partial charge in [-0.15, -0.1) is 0 Å². The van der Waals surface area contributed by atoms with E-state index < -0.39 is 0 Å². The Morgan fingerprint density at radius 3 is 2.65 bits per heavy atom. The zero-order valence-electron chi connectivity index (χ0n) is 11.5. The third kappa shape index (κ3) is 3.39. The Bertz CT molecular complexity index is 582. The molecule has 5 nitrogen and oxygen atoms in total. The van der Waals surface area contributed by atoms with Crippen LogP contribution >= 0.6 is 0 Å². The first kappa shape index (κ1) is 14.1. The van der Waals surface area contributed by atoms with Gasteiger partial charge in [0.15, 0.2) is 0 Å². The van der Waals surface area contributed by atoms with Crippen molar-refractivity contribution in [2.45, 2.75) is 6.92 Å². The summed E-state index contributed by atoms with van der Waals surface area (Å²) in [7, 11) is 1.60. The minimum Gasteiger partial charge on any atom is -0.490 e. The first-order chi connectivity index (χ1) is 9.72. The van der Waals surface area contributed by atoms with Gasteiger partial charge in [0, 0.05) is 13.3 Å². The number of aromatic nitrogens is 2. The quantitative estimate of drug-likeness (QED) is 0.595. The average Bonchev–Trinajstić information content (AvgIpc) is 2.48. The van der Waals surface area contributed by atoms with Crippen molar-refractivity contribution in [1.29, 1.82) is 0 Å². The maximum Gasteiger partial charge on any atom is 0.216 e. The molecule has 5 heteroatoms. The van der Waals surface area contributed by atoms with Crippen molar-refractivity contribution in [3.63, 3.8) is 0 Å². The molecule has 0 radical (unpaired) electrons. The molecule has 0 unspecified atom stereocenters. The van der Waals surface area contributed by atoms with E-state index in [1.807, 2.05) is 13.0 Å². The van der Waals surface area contributed by atoms with Crippen molar-refractivity contribution in [3.05, 3.63) is 53.6 Å². The lowest BCUT2D eigenvalue weighted by Crippen LogP contribution is -2.10. The molecule has 0 amide bonds. The fourth-order valence-electron chi connectivity index (χ4n) is 1.66. The largest absolute Gasteiger partial charge is 0.490 e. The minimum atomic E-state index is -0.203. The van der Waals surface area contributed by atoms with Crippen molar-refractivity contribution in [2.24, 2.45) is 0 Å². The van der Waals surface area contributed by atoms with E-state index in [1.54, 1.807) is 31.5 Å². The summed E-state index contributed by atoms with van der Waals surface area (Å²) in [6.07, 6.45) is 3.05. The molecule has 0 N–H and O–H groups in total. The maximum absolute atomic E-state index is 12.4. The van der Waals surface area contributed by atoms with E-state index in [1.165, 1.54) is 6.20 Å². The summed E-state index contributed by atoms with van der Waals surface area (Å²) in [5, 5.41) is 0. The van der Waals surface area contributed by atoms with Gasteiger partial charge < -0.3 is 9.47 Å². The monoisotopic (exact) mass is 272 g/mol. The Morgan fingerprint density at radius 2 is 1.95 bits per heavy atom. The topological polar surface area (TPSA) is 61.3 Å². The van der Waals surface area contributed by atoms with Crippen LogP contribution in [0.5, 0.6) is 5.75 Å². The molecule has 0 fully saturated rings. The number of benzene rings is 1. The van der Waals surface area contributed by atoms with Crippen molar-refractivity contribution < 1.29 is 14.3 Å². The van der Waals surface area contributed by atoms with Crippen molar-refractivity contribution in [3.8, 4) is 5.75 Å². The third-order valence-corrected chi connectivity index (χ3v) is 2.69. The summed E-state index contributed by atoms with van der Waals surface area (Å²) in [5.74, 6) is 0.322. The highest BCUT2D eigenvalue weighted by Gasteiger charge is 2.15. The first-order valence-corrected chi connectivity index (χ1v) is 6.26. The van der Waals surface area contributed by atoms with Crippen LogP contribution in [0.25, 0.3) is 0 Å². The molecular weight excluding hydrogens is 256 g/mol. The minimum absolute atomic E-state index is 0.203. The highest BCUT2D eigenvalue weighted by Crippen LogP contribution is 2.20. The number of aryl methyl sites for hydroxylation is 1. The molecule has 104 valence electrons. The number of ether oxygens (including phenoxy) is 2. The molecule has 2 aromatic rings. The summed E-state index contributed by atoms with van der Waals surface area (Å²) in [6.45, 7) is 2.68. The smallest absolute Gasteiger partial charge is 0.216 e. The predicted octanol–water partition coefficient (Wildman–Crippen LogP) is 2.04. The Kier molecular flexibility index (Phi) is 4.79. The second-order valence-electron chi connectivity index (χ2n) is 4.21. The van der Waals surface area contributed by atoms with Crippen LogP contribution in [-0.4, -0.2) is 36.1 Å². The molecule has 1 aromatic heterocycles. The standard InChI is InChI=1S/C15H16N2O3/c1-11-9-17-13(10-16-11)15(18)12-5-3-4-6-14(12)20-8-7-19-2/h3-6,9-10H,7-8H2,1-2H3. The Morgan fingerprint density at radius 1 is 1.15 bits per heavy atom. The van der Waals surface area contributed by atoms with E-state index in [-0.39, 0.29) is 5.78 Å². The van der Waals surface area contributed by atoms with Crippen LogP contribution in [0.3, 0.4) is 0 Å². The zero-order valence-corrected chi connectivity index (χ0v) is 11.5. The molecule has 0 spiro atoms. The van der Waals surface area contributed by atoms with Gasteiger partial charge in [-0.05, 0) is 19.1 Å². The van der Waals surface area contributed by atoms with Gasteiger partial charge >= 0.3 is 0 Å². The van der Waals surface area contributed by atoms with Gasteiger partial charge in [-0.25, -0.2) is 4.98 Å². The molecule has 0 saturated carbocycles. The van der Waals surface area contributed by atoms with E-state index in [2.05, 4.69) is 9.97 Å². The zero-order chi connectivity index (χ0) is 14.4. The van der Waals surface area contributed by atoms with Gasteiger partial charge in [-0.2, -0.15) is 0 Å². The van der Waals surface area contributed by atoms with Crippen LogP contribution in [0.2, 0.25) is 0 Å². The van der Waals surface area contributed by atoms with Gasteiger partial charge in [-0.3, -0.25) is 9.78 Å². The van der Waals surface area contributed by atoms with E-state index in [0.717, 1.165) is 5.69 Å². The number of hydrogen-bond acceptors (Lipinski definition) is 5. The summed E-state index contributed by atoms with van der Waals surface area (Å²) >= 11 is 0. The van der Waals surface area contributed by atoms with Crippen LogP contribution in [-0.2, 0) is 4.74 Å². The molecule has 1 heterocycles. The molecule has 1 aromatic carbocycles. The van der Waals surface area contributed by atoms with Crippen LogP contribution in [0, 0.1) is 6.92 Å². The van der Waals surface area contributed by atoms with Gasteiger partial charge in [0.1, 0.15) is 18.1 Å². The van der Waals surface area contributed by atoms with Crippen molar-refractivity contribution in [2.75, 3.05) is 20.3 Å². The second kappa shape index (κ2) is 6.77. The van der Waals surface area contributed by atoms with Gasteiger partial charge in [0.25, 0.3) is 0 Å². The number of ketones is 1. The summed E-state index contributed by atoms with van der Waals surface area (Å²) in [4.78, 5) is 20.6. The Balaban J connectivity index is 2.23. The number of carbonyl (C=O) groups is 1. The lowest BCUT2D eigenvalue weighted by Gasteiger charge is -2.10. The highest BCUT2D eigenvalue weighted by molar-refractivity contribution is 6.09. The fourth-order valence-corrected chi connectivity index (χ4v) is 1.66. The fraction of sp³-hybridized carbons (Fsp3) is 0.267. The Hall–Kier alpha value is -2.27. The van der Waals surface area contributed by atoms with E-state index in [4.69, 9.17) is 9.47 Å². The van der Waals surface area contributed by atoms with Gasteiger partial charge in [0.05, 0.1) is 24.1 Å². The number of para-hydroxylation sites is 1. The van der Waals surface area contributed by atoms with Crippen LogP contribution in [0.1, 0.15) is 21.7 Å². The molecule has 0 aliphatic carbocycles. The summed E-state index contributed by atoms with van der Waals surface area (Å²) in [5.41, 5.74) is 1.55. The summed E-state index contributed by atoms with van der Waals surface area (Å²) in [6, 6.07) is 7.08. The van der Waals surface area contributed by atoms with Crippen molar-refractivity contribution >= 4 is 5.78 Å². The first-order valence-electron chi connectivity index (χ1n) is 6.26. The second-order valence-corrected chi connectivity index (χ2v) is 4.21. The lowest BCUT2D eigenvalue weighted by atomic mass is 10.1. The van der Waals surface area contributed by atoms with Gasteiger partial charge in [-0.1, -0.05) is 12.1 Å². The normalized spacial score (nSPS) is 10.3. The van der Waals surface area contributed by atoms with E-state index >= 15 is 0 Å². The van der Waals surface area contributed by atoms with E-state index in [9.17, 15) is 4.79 Å². The SMILES string of the molecule is COCCOc1ccccc1C(=O)c1cnc(C)cn1. The van der Waals surface area contributed by atoms with Crippen molar-refractivity contribution in [1.82, 2.24) is 9.97 Å². The molecule has 0 atom stereocenters. The number of methoxy groups -OCH3 is 1. The Labute approximate surface area is 117 Å². The average molecular weight is 272 g/mol. The highest BCUT2D eigenvalue weighted by atomic mass is 16.5. The van der Waals surface area contributed by atoms with E-state index in [0.29, 0.717) is 30.2 Å². The van der Waals surface area contributed by atoms with Crippen LogP contribution in [0.15, 0.2) is 36.7 Å². The third-order valence-electron chi connectivity index (χ3n) is 2.69. The number of carbonyl (C=O) groups excluding carboxylic acids is 1. The molecule has 20 heavy (non-hydrogen) atoms. The molecule has 2 rings (SSSR count). The predicted molar refractivity (Wildman–Crippen MR) is 74.0 cm³/mol. The van der Waals surface area contributed by atoms with Crippen LogP contribution in [0.4, 0.5) is 0 Å². The maximum atomic E-state index is 12.4. The van der Waals surface area contributed by atoms with Gasteiger partial charge in [0.2, 0.25) is 5.78 Å². The molecule has 0 bridgehead atoms. The van der Waals surface area contributed by atoms with Crippen LogP contribution < -0.4 is 4.74 Å². The number of rotatable bonds is 6.